The van der Waals surface area contributed by atoms with E-state index in [4.69, 9.17) is 11.6 Å². The van der Waals surface area contributed by atoms with E-state index in [1.54, 1.807) is 0 Å². The standard InChI is InChI=1S/C16H11ClF2O2S/c1-8(16(20)21)14(10-6-5-9(17)7-13(10)22)15-11(18)3-2-4-12(15)19/h2-7,22H,1H3,(H,20,21)/b14-8-. The summed E-state index contributed by atoms with van der Waals surface area (Å²) in [5.41, 5.74) is -0.372. The van der Waals surface area contributed by atoms with Crippen molar-refractivity contribution < 1.29 is 18.7 Å². The highest BCUT2D eigenvalue weighted by atomic mass is 35.5. The number of benzene rings is 2. The molecular weight excluding hydrogens is 330 g/mol. The highest BCUT2D eigenvalue weighted by molar-refractivity contribution is 7.80. The summed E-state index contributed by atoms with van der Waals surface area (Å²) in [6.45, 7) is 1.28. The Hall–Kier alpha value is -1.85. The predicted molar refractivity (Wildman–Crippen MR) is 84.4 cm³/mol. The molecule has 0 aromatic heterocycles. The smallest absolute Gasteiger partial charge is 0.331 e. The van der Waals surface area contributed by atoms with Crippen molar-refractivity contribution in [1.82, 2.24) is 0 Å². The van der Waals surface area contributed by atoms with Gasteiger partial charge in [-0.25, -0.2) is 13.6 Å². The van der Waals surface area contributed by atoms with Gasteiger partial charge in [0.1, 0.15) is 11.6 Å². The maximum Gasteiger partial charge on any atom is 0.331 e. The van der Waals surface area contributed by atoms with Crippen LogP contribution >= 0.6 is 24.2 Å². The molecular formula is C16H11ClF2O2S. The third-order valence-electron chi connectivity index (χ3n) is 3.14. The summed E-state index contributed by atoms with van der Waals surface area (Å²) < 4.78 is 28.2. The van der Waals surface area contributed by atoms with Crippen molar-refractivity contribution in [1.29, 1.82) is 0 Å². The van der Waals surface area contributed by atoms with Crippen molar-refractivity contribution in [2.24, 2.45) is 0 Å². The van der Waals surface area contributed by atoms with Crippen LogP contribution in [0.2, 0.25) is 5.02 Å². The number of aliphatic carboxylic acids is 1. The molecule has 2 nitrogen and oxygen atoms in total. The van der Waals surface area contributed by atoms with Gasteiger partial charge in [-0.05, 0) is 36.8 Å². The van der Waals surface area contributed by atoms with Crippen LogP contribution in [0.15, 0.2) is 46.9 Å². The number of halogens is 3. The minimum absolute atomic E-state index is 0.0650. The van der Waals surface area contributed by atoms with Crippen molar-refractivity contribution >= 4 is 35.8 Å². The van der Waals surface area contributed by atoms with E-state index >= 15 is 0 Å². The largest absolute Gasteiger partial charge is 0.478 e. The van der Waals surface area contributed by atoms with Gasteiger partial charge >= 0.3 is 5.97 Å². The average molecular weight is 341 g/mol. The summed E-state index contributed by atoms with van der Waals surface area (Å²) in [5.74, 6) is -2.98. The average Bonchev–Trinajstić information content (AvgIpc) is 2.43. The Morgan fingerprint density at radius 1 is 1.18 bits per heavy atom. The van der Waals surface area contributed by atoms with Crippen LogP contribution in [0, 0.1) is 11.6 Å². The van der Waals surface area contributed by atoms with E-state index in [0.29, 0.717) is 9.92 Å². The molecule has 114 valence electrons. The lowest BCUT2D eigenvalue weighted by Gasteiger charge is -2.15. The number of hydrogen-bond donors (Lipinski definition) is 2. The van der Waals surface area contributed by atoms with Gasteiger partial charge in [0.2, 0.25) is 0 Å². The molecule has 0 aliphatic carbocycles. The van der Waals surface area contributed by atoms with Gasteiger partial charge in [0, 0.05) is 21.1 Å². The van der Waals surface area contributed by atoms with Crippen LogP contribution < -0.4 is 0 Å². The fraction of sp³-hybridized carbons (Fsp3) is 0.0625. The molecule has 0 aliphatic heterocycles. The first-order chi connectivity index (χ1) is 10.3. The lowest BCUT2D eigenvalue weighted by atomic mass is 9.92. The molecule has 0 saturated heterocycles. The van der Waals surface area contributed by atoms with E-state index < -0.39 is 23.2 Å². The minimum Gasteiger partial charge on any atom is -0.478 e. The fourth-order valence-corrected chi connectivity index (χ4v) is 2.66. The highest BCUT2D eigenvalue weighted by Gasteiger charge is 2.22. The number of carbonyl (C=O) groups is 1. The van der Waals surface area contributed by atoms with Crippen LogP contribution in [0.4, 0.5) is 8.78 Å². The first-order valence-corrected chi connectivity index (χ1v) is 7.03. The van der Waals surface area contributed by atoms with Crippen molar-refractivity contribution in [2.45, 2.75) is 11.8 Å². The van der Waals surface area contributed by atoms with Gasteiger partial charge in [-0.3, -0.25) is 0 Å². The number of hydrogen-bond acceptors (Lipinski definition) is 2. The van der Waals surface area contributed by atoms with Gasteiger partial charge in [0.25, 0.3) is 0 Å². The van der Waals surface area contributed by atoms with E-state index in [9.17, 15) is 18.7 Å². The molecule has 0 bridgehead atoms. The van der Waals surface area contributed by atoms with Gasteiger partial charge in [-0.2, -0.15) is 0 Å². The van der Waals surface area contributed by atoms with Crippen LogP contribution in [0.1, 0.15) is 18.1 Å². The second kappa shape index (κ2) is 6.50. The van der Waals surface area contributed by atoms with Gasteiger partial charge in [0.05, 0.1) is 5.56 Å². The number of carboxylic acids is 1. The molecule has 0 amide bonds. The monoisotopic (exact) mass is 340 g/mol. The maximum atomic E-state index is 14.1. The van der Waals surface area contributed by atoms with E-state index in [2.05, 4.69) is 12.6 Å². The van der Waals surface area contributed by atoms with E-state index in [0.717, 1.165) is 12.1 Å². The first-order valence-electron chi connectivity index (χ1n) is 6.20. The molecule has 0 spiro atoms. The predicted octanol–water partition coefficient (Wildman–Crippen LogP) is 4.81. The summed E-state index contributed by atoms with van der Waals surface area (Å²) in [4.78, 5) is 11.7. The zero-order valence-electron chi connectivity index (χ0n) is 11.4. The Labute approximate surface area is 136 Å². The van der Waals surface area contributed by atoms with Crippen LogP contribution in [-0.2, 0) is 4.79 Å². The summed E-state index contributed by atoms with van der Waals surface area (Å²) >= 11 is 10.1. The molecule has 2 aromatic carbocycles. The highest BCUT2D eigenvalue weighted by Crippen LogP contribution is 2.35. The second-order valence-electron chi connectivity index (χ2n) is 4.56. The Kier molecular flexibility index (Phi) is 4.88. The molecule has 1 N–H and O–H groups in total. The lowest BCUT2D eigenvalue weighted by molar-refractivity contribution is -0.132. The van der Waals surface area contributed by atoms with Crippen LogP contribution in [-0.4, -0.2) is 11.1 Å². The van der Waals surface area contributed by atoms with Gasteiger partial charge in [-0.15, -0.1) is 12.6 Å². The van der Waals surface area contributed by atoms with E-state index in [-0.39, 0.29) is 16.7 Å². The van der Waals surface area contributed by atoms with Crippen molar-refractivity contribution in [3.63, 3.8) is 0 Å². The van der Waals surface area contributed by atoms with Crippen LogP contribution in [0.25, 0.3) is 5.57 Å². The minimum atomic E-state index is -1.28. The maximum absolute atomic E-state index is 14.1. The third-order valence-corrected chi connectivity index (χ3v) is 3.74. The molecule has 0 atom stereocenters. The summed E-state index contributed by atoms with van der Waals surface area (Å²) in [6.07, 6.45) is 0. The molecule has 0 radical (unpaired) electrons. The fourth-order valence-electron chi connectivity index (χ4n) is 2.08. The Morgan fingerprint density at radius 2 is 1.77 bits per heavy atom. The first kappa shape index (κ1) is 16.5. The molecule has 22 heavy (non-hydrogen) atoms. The quantitative estimate of drug-likeness (QED) is 0.621. The normalized spacial score (nSPS) is 12.0. The Balaban J connectivity index is 2.85. The summed E-state index contributed by atoms with van der Waals surface area (Å²) in [5, 5.41) is 9.63. The van der Waals surface area contributed by atoms with Crippen molar-refractivity contribution in [3.05, 3.63) is 69.8 Å². The number of thiol groups is 1. The summed E-state index contributed by atoms with van der Waals surface area (Å²) in [7, 11) is 0. The molecule has 6 heteroatoms. The second-order valence-corrected chi connectivity index (χ2v) is 5.48. The zero-order valence-corrected chi connectivity index (χ0v) is 13.1. The SMILES string of the molecule is C/C(C(=O)O)=C(\c1ccc(Cl)cc1S)c1c(F)cccc1F. The Morgan fingerprint density at radius 3 is 2.27 bits per heavy atom. The van der Waals surface area contributed by atoms with Crippen molar-refractivity contribution in [3.8, 4) is 0 Å². The number of rotatable bonds is 3. The van der Waals surface area contributed by atoms with Crippen LogP contribution in [0.5, 0.6) is 0 Å². The molecule has 0 saturated carbocycles. The molecule has 0 unspecified atom stereocenters. The summed E-state index contributed by atoms with van der Waals surface area (Å²) in [6, 6.07) is 7.82. The lowest BCUT2D eigenvalue weighted by Crippen LogP contribution is -2.06. The van der Waals surface area contributed by atoms with Gasteiger partial charge in [0.15, 0.2) is 0 Å². The molecule has 2 aromatic rings. The topological polar surface area (TPSA) is 37.3 Å². The third kappa shape index (κ3) is 3.15. The van der Waals surface area contributed by atoms with Crippen LogP contribution in [0.3, 0.4) is 0 Å². The number of carboxylic acid groups (broad SMARTS) is 1. The van der Waals surface area contributed by atoms with Gasteiger partial charge < -0.3 is 5.11 Å². The van der Waals surface area contributed by atoms with Gasteiger partial charge in [-0.1, -0.05) is 23.7 Å². The molecule has 0 fully saturated rings. The molecule has 0 aliphatic rings. The van der Waals surface area contributed by atoms with E-state index in [1.807, 2.05) is 0 Å². The van der Waals surface area contributed by atoms with Crippen molar-refractivity contribution in [2.75, 3.05) is 0 Å². The Bertz CT molecular complexity index is 767. The van der Waals surface area contributed by atoms with E-state index in [1.165, 1.54) is 31.2 Å². The molecule has 2 rings (SSSR count). The molecule has 0 heterocycles. The zero-order chi connectivity index (χ0) is 16.4.